The maximum absolute atomic E-state index is 5.69. The van der Waals surface area contributed by atoms with Crippen molar-refractivity contribution in [1.82, 2.24) is 0 Å². The molecule has 0 amide bonds. The predicted molar refractivity (Wildman–Crippen MR) is 75.9 cm³/mol. The molecule has 2 aromatic rings. The third kappa shape index (κ3) is 3.17. The fourth-order valence-electron chi connectivity index (χ4n) is 1.51. The van der Waals surface area contributed by atoms with Crippen LogP contribution < -0.4 is 15.2 Å². The van der Waals surface area contributed by atoms with Crippen LogP contribution in [0, 0.1) is 0 Å². The number of hydrogen-bond donors (Lipinski definition) is 1. The molecular formula is C14H14BrNO2. The Morgan fingerprint density at radius 1 is 1.11 bits per heavy atom. The molecule has 2 N–H and O–H groups in total. The Labute approximate surface area is 115 Å². The number of hydrogen-bond acceptors (Lipinski definition) is 3. The molecule has 3 nitrogen and oxygen atoms in total. The zero-order valence-electron chi connectivity index (χ0n) is 10.0. The zero-order chi connectivity index (χ0) is 13.0. The van der Waals surface area contributed by atoms with Gasteiger partial charge in [-0.05, 0) is 45.8 Å². The normalized spacial score (nSPS) is 10.1. The van der Waals surface area contributed by atoms with Gasteiger partial charge in [0, 0.05) is 11.8 Å². The Morgan fingerprint density at radius 3 is 2.50 bits per heavy atom. The van der Waals surface area contributed by atoms with E-state index in [-0.39, 0.29) is 0 Å². The number of methoxy groups -OCH3 is 1. The van der Waals surface area contributed by atoms with Crippen LogP contribution in [0.1, 0.15) is 5.56 Å². The summed E-state index contributed by atoms with van der Waals surface area (Å²) in [6.07, 6.45) is 0. The number of anilines is 1. The van der Waals surface area contributed by atoms with Crippen molar-refractivity contribution in [3.8, 4) is 11.5 Å². The van der Waals surface area contributed by atoms with Crippen molar-refractivity contribution in [3.05, 3.63) is 52.5 Å². The second-order valence-electron chi connectivity index (χ2n) is 3.83. The van der Waals surface area contributed by atoms with E-state index < -0.39 is 0 Å². The van der Waals surface area contributed by atoms with Gasteiger partial charge in [0.15, 0.2) is 0 Å². The summed E-state index contributed by atoms with van der Waals surface area (Å²) in [5.74, 6) is 1.52. The van der Waals surface area contributed by atoms with Crippen LogP contribution in [-0.2, 0) is 6.61 Å². The van der Waals surface area contributed by atoms with Gasteiger partial charge in [-0.3, -0.25) is 0 Å². The molecule has 0 bridgehead atoms. The molecular weight excluding hydrogens is 294 g/mol. The summed E-state index contributed by atoms with van der Waals surface area (Å²) in [5, 5.41) is 0. The van der Waals surface area contributed by atoms with Crippen LogP contribution in [0.2, 0.25) is 0 Å². The summed E-state index contributed by atoms with van der Waals surface area (Å²) in [6, 6.07) is 13.3. The molecule has 0 atom stereocenters. The van der Waals surface area contributed by atoms with Crippen LogP contribution >= 0.6 is 15.9 Å². The number of halogens is 1. The topological polar surface area (TPSA) is 44.5 Å². The minimum absolute atomic E-state index is 0.505. The van der Waals surface area contributed by atoms with Gasteiger partial charge in [-0.25, -0.2) is 0 Å². The van der Waals surface area contributed by atoms with Crippen LogP contribution in [0.15, 0.2) is 46.9 Å². The van der Waals surface area contributed by atoms with Gasteiger partial charge in [0.1, 0.15) is 18.1 Å². The lowest BCUT2D eigenvalue weighted by Crippen LogP contribution is -1.96. The van der Waals surface area contributed by atoms with Crippen LogP contribution in [-0.4, -0.2) is 7.11 Å². The van der Waals surface area contributed by atoms with Crippen molar-refractivity contribution < 1.29 is 9.47 Å². The number of nitrogens with two attached hydrogens (primary N) is 1. The van der Waals surface area contributed by atoms with Gasteiger partial charge in [0.2, 0.25) is 0 Å². The second-order valence-corrected chi connectivity index (χ2v) is 4.68. The van der Waals surface area contributed by atoms with Crippen molar-refractivity contribution in [1.29, 1.82) is 0 Å². The third-order valence-corrected chi connectivity index (χ3v) is 3.16. The van der Waals surface area contributed by atoms with Crippen LogP contribution in [0.5, 0.6) is 11.5 Å². The molecule has 2 aromatic carbocycles. The molecule has 94 valence electrons. The first-order chi connectivity index (χ1) is 8.69. The minimum atomic E-state index is 0.505. The molecule has 0 fully saturated rings. The molecule has 4 heteroatoms. The average molecular weight is 308 g/mol. The van der Waals surface area contributed by atoms with Crippen LogP contribution in [0.3, 0.4) is 0 Å². The monoisotopic (exact) mass is 307 g/mol. The van der Waals surface area contributed by atoms with E-state index in [2.05, 4.69) is 15.9 Å². The predicted octanol–water partition coefficient (Wildman–Crippen LogP) is 3.62. The fourth-order valence-corrected chi connectivity index (χ4v) is 1.92. The van der Waals surface area contributed by atoms with E-state index in [0.717, 1.165) is 27.2 Å². The van der Waals surface area contributed by atoms with Crippen LogP contribution in [0.25, 0.3) is 0 Å². The highest BCUT2D eigenvalue weighted by atomic mass is 79.9. The maximum atomic E-state index is 5.69. The molecule has 0 aliphatic carbocycles. The summed E-state index contributed by atoms with van der Waals surface area (Å²) < 4.78 is 11.8. The summed E-state index contributed by atoms with van der Waals surface area (Å²) in [6.45, 7) is 0.505. The van der Waals surface area contributed by atoms with E-state index in [9.17, 15) is 0 Å². The van der Waals surface area contributed by atoms with Crippen molar-refractivity contribution in [3.63, 3.8) is 0 Å². The smallest absolute Gasteiger partial charge is 0.136 e. The van der Waals surface area contributed by atoms with Gasteiger partial charge in [0.05, 0.1) is 11.6 Å². The Bertz CT molecular complexity index is 526. The van der Waals surface area contributed by atoms with Gasteiger partial charge in [-0.15, -0.1) is 0 Å². The summed E-state index contributed by atoms with van der Waals surface area (Å²) in [4.78, 5) is 0. The maximum Gasteiger partial charge on any atom is 0.136 e. The second kappa shape index (κ2) is 5.78. The highest BCUT2D eigenvalue weighted by molar-refractivity contribution is 9.10. The quantitative estimate of drug-likeness (QED) is 0.877. The first-order valence-corrected chi connectivity index (χ1v) is 6.29. The highest BCUT2D eigenvalue weighted by Gasteiger charge is 2.02. The standard InChI is InChI=1S/C14H14BrNO2/c1-17-14-8-12(6-7-13(14)15)18-9-10-2-4-11(16)5-3-10/h2-8H,9,16H2,1H3. The van der Waals surface area contributed by atoms with Crippen molar-refractivity contribution in [2.24, 2.45) is 0 Å². The van der Waals surface area contributed by atoms with Crippen LogP contribution in [0.4, 0.5) is 5.69 Å². The molecule has 0 saturated heterocycles. The molecule has 0 aliphatic heterocycles. The summed E-state index contributed by atoms with van der Waals surface area (Å²) in [7, 11) is 1.63. The van der Waals surface area contributed by atoms with E-state index in [1.165, 1.54) is 0 Å². The molecule has 0 saturated carbocycles. The summed E-state index contributed by atoms with van der Waals surface area (Å²) in [5.41, 5.74) is 7.45. The van der Waals surface area contributed by atoms with Crippen molar-refractivity contribution in [2.45, 2.75) is 6.61 Å². The average Bonchev–Trinajstić information content (AvgIpc) is 2.39. The number of benzene rings is 2. The molecule has 0 aliphatic rings. The molecule has 0 unspecified atom stereocenters. The number of rotatable bonds is 4. The fraction of sp³-hybridized carbons (Fsp3) is 0.143. The third-order valence-electron chi connectivity index (χ3n) is 2.51. The Balaban J connectivity index is 2.04. The lowest BCUT2D eigenvalue weighted by atomic mass is 10.2. The molecule has 0 heterocycles. The van der Waals surface area contributed by atoms with Crippen molar-refractivity contribution in [2.75, 3.05) is 12.8 Å². The minimum Gasteiger partial charge on any atom is -0.495 e. The van der Waals surface area contributed by atoms with Gasteiger partial charge < -0.3 is 15.2 Å². The first kappa shape index (κ1) is 12.8. The van der Waals surface area contributed by atoms with E-state index in [1.54, 1.807) is 7.11 Å². The molecule has 2 rings (SSSR count). The molecule has 0 spiro atoms. The largest absolute Gasteiger partial charge is 0.495 e. The Hall–Kier alpha value is -1.68. The van der Waals surface area contributed by atoms with Gasteiger partial charge in [-0.1, -0.05) is 12.1 Å². The van der Waals surface area contributed by atoms with Crippen molar-refractivity contribution >= 4 is 21.6 Å². The lowest BCUT2D eigenvalue weighted by molar-refractivity contribution is 0.303. The summed E-state index contributed by atoms with van der Waals surface area (Å²) >= 11 is 3.40. The first-order valence-electron chi connectivity index (χ1n) is 5.50. The lowest BCUT2D eigenvalue weighted by Gasteiger charge is -2.09. The Morgan fingerprint density at radius 2 is 1.83 bits per heavy atom. The Kier molecular flexibility index (Phi) is 4.10. The number of ether oxygens (including phenoxy) is 2. The highest BCUT2D eigenvalue weighted by Crippen LogP contribution is 2.29. The van der Waals surface area contributed by atoms with Gasteiger partial charge >= 0.3 is 0 Å². The van der Waals surface area contributed by atoms with Gasteiger partial charge in [0.25, 0.3) is 0 Å². The molecule has 0 aromatic heterocycles. The molecule has 18 heavy (non-hydrogen) atoms. The van der Waals surface area contributed by atoms with E-state index >= 15 is 0 Å². The van der Waals surface area contributed by atoms with E-state index in [0.29, 0.717) is 6.61 Å². The van der Waals surface area contributed by atoms with Gasteiger partial charge in [-0.2, -0.15) is 0 Å². The zero-order valence-corrected chi connectivity index (χ0v) is 11.6. The molecule has 0 radical (unpaired) electrons. The van der Waals surface area contributed by atoms with E-state index in [4.69, 9.17) is 15.2 Å². The number of nitrogen functional groups attached to an aromatic ring is 1. The SMILES string of the molecule is COc1cc(OCc2ccc(N)cc2)ccc1Br. The van der Waals surface area contributed by atoms with E-state index in [1.807, 2.05) is 42.5 Å².